The molecule has 0 radical (unpaired) electrons. The molecule has 0 saturated carbocycles. The van der Waals surface area contributed by atoms with Gasteiger partial charge in [-0.1, -0.05) is 0 Å². The lowest BCUT2D eigenvalue weighted by Crippen LogP contribution is -2.33. The molecule has 5 N–H and O–H groups in total. The van der Waals surface area contributed by atoms with Crippen LogP contribution in [0.5, 0.6) is 0 Å². The molecule has 2 rings (SSSR count). The lowest BCUT2D eigenvalue weighted by Gasteiger charge is -2.16. The number of aromatic nitrogens is 2. The summed E-state index contributed by atoms with van der Waals surface area (Å²) < 4.78 is 32.5. The Morgan fingerprint density at radius 3 is 2.76 bits per heavy atom. The molecule has 21 heavy (non-hydrogen) atoms. The number of nitrogen functional groups attached to an aromatic ring is 1. The number of alkyl halides is 1. The van der Waals surface area contributed by atoms with Crippen molar-refractivity contribution in [2.24, 2.45) is 5.73 Å². The highest BCUT2D eigenvalue weighted by molar-refractivity contribution is 5.96. The van der Waals surface area contributed by atoms with Crippen LogP contribution in [0, 0.1) is 0 Å². The molecule has 1 fully saturated rings. The van der Waals surface area contributed by atoms with Gasteiger partial charge in [0.05, 0.1) is 18.5 Å². The molecule has 1 aromatic heterocycles. The summed E-state index contributed by atoms with van der Waals surface area (Å²) >= 11 is 0. The third kappa shape index (κ3) is 2.50. The monoisotopic (exact) mass is 302 g/mol. The largest absolute Gasteiger partial charge is 0.393 e. The summed E-state index contributed by atoms with van der Waals surface area (Å²) in [6.07, 6.45) is -3.99. The third-order valence-electron chi connectivity index (χ3n) is 3.06. The first-order chi connectivity index (χ1) is 9.90. The van der Waals surface area contributed by atoms with Crippen molar-refractivity contribution in [2.45, 2.75) is 18.5 Å². The van der Waals surface area contributed by atoms with E-state index in [2.05, 4.69) is 4.98 Å². The maximum Gasteiger partial charge on any atom is 0.351 e. The zero-order valence-electron chi connectivity index (χ0n) is 10.6. The van der Waals surface area contributed by atoms with Crippen molar-refractivity contribution >= 4 is 11.7 Å². The summed E-state index contributed by atoms with van der Waals surface area (Å²) in [7, 11) is 0. The van der Waals surface area contributed by atoms with Crippen LogP contribution in [0.15, 0.2) is 22.9 Å². The van der Waals surface area contributed by atoms with E-state index >= 15 is 0 Å². The van der Waals surface area contributed by atoms with Gasteiger partial charge < -0.3 is 21.3 Å². The Balaban J connectivity index is 2.50. The van der Waals surface area contributed by atoms with E-state index < -0.39 is 48.1 Å². The van der Waals surface area contributed by atoms with Crippen molar-refractivity contribution in [3.05, 3.63) is 34.1 Å². The van der Waals surface area contributed by atoms with Gasteiger partial charge in [-0.15, -0.1) is 0 Å². The topological polar surface area (TPSA) is 133 Å². The van der Waals surface area contributed by atoms with Crippen LogP contribution in [0.25, 0.3) is 0 Å². The maximum atomic E-state index is 14.1. The first kappa shape index (κ1) is 15.1. The van der Waals surface area contributed by atoms with E-state index in [9.17, 15) is 18.4 Å². The number of ether oxygens (including phenoxy) is 1. The van der Waals surface area contributed by atoms with Gasteiger partial charge in [0.2, 0.25) is 0 Å². The zero-order chi connectivity index (χ0) is 15.7. The molecule has 1 amide bonds. The second-order valence-corrected chi connectivity index (χ2v) is 4.30. The summed E-state index contributed by atoms with van der Waals surface area (Å²) in [5, 5.41) is 9.01. The predicted molar refractivity (Wildman–Crippen MR) is 66.5 cm³/mol. The van der Waals surface area contributed by atoms with Crippen molar-refractivity contribution in [2.75, 3.05) is 12.3 Å². The maximum absolute atomic E-state index is 14.1. The van der Waals surface area contributed by atoms with Crippen molar-refractivity contribution < 1.29 is 23.4 Å². The Bertz CT molecular complexity index is 660. The smallest absolute Gasteiger partial charge is 0.351 e. The third-order valence-corrected chi connectivity index (χ3v) is 3.06. The molecule has 1 aromatic rings. The van der Waals surface area contributed by atoms with Gasteiger partial charge in [-0.25, -0.2) is 13.6 Å². The lowest BCUT2D eigenvalue weighted by atomic mass is 10.1. The van der Waals surface area contributed by atoms with Gasteiger partial charge in [-0.05, 0) is 0 Å². The molecule has 2 heterocycles. The molecule has 1 aliphatic heterocycles. The Morgan fingerprint density at radius 2 is 2.29 bits per heavy atom. The summed E-state index contributed by atoms with van der Waals surface area (Å²) in [4.78, 5) is 26.2. The van der Waals surface area contributed by atoms with E-state index in [1.165, 1.54) is 0 Å². The quantitative estimate of drug-likeness (QED) is 0.656. The fourth-order valence-electron chi connectivity index (χ4n) is 2.00. The van der Waals surface area contributed by atoms with Crippen molar-refractivity contribution in [1.82, 2.24) is 9.55 Å². The molecule has 0 aromatic carbocycles. The number of aliphatic hydroxyl groups is 1. The highest BCUT2D eigenvalue weighted by Gasteiger charge is 2.42. The fraction of sp³-hybridized carbons (Fsp3) is 0.364. The Labute approximate surface area is 116 Å². The van der Waals surface area contributed by atoms with E-state index in [1.807, 2.05) is 0 Å². The Morgan fingerprint density at radius 1 is 1.62 bits per heavy atom. The van der Waals surface area contributed by atoms with Crippen molar-refractivity contribution in [1.29, 1.82) is 0 Å². The number of nitrogens with zero attached hydrogens (tertiary/aromatic N) is 2. The van der Waals surface area contributed by atoms with Gasteiger partial charge in [0.15, 0.2) is 12.4 Å². The van der Waals surface area contributed by atoms with E-state index in [-0.39, 0.29) is 11.9 Å². The molecule has 8 nitrogen and oxygen atoms in total. The number of rotatable bonds is 3. The molecule has 3 atom stereocenters. The number of amides is 1. The van der Waals surface area contributed by atoms with Crippen LogP contribution >= 0.6 is 0 Å². The van der Waals surface area contributed by atoms with Crippen LogP contribution in [-0.2, 0) is 4.74 Å². The highest BCUT2D eigenvalue weighted by Crippen LogP contribution is 2.35. The Kier molecular flexibility index (Phi) is 4.00. The molecule has 0 bridgehead atoms. The van der Waals surface area contributed by atoms with Crippen LogP contribution in [0.1, 0.15) is 16.6 Å². The van der Waals surface area contributed by atoms with Gasteiger partial charge >= 0.3 is 5.69 Å². The summed E-state index contributed by atoms with van der Waals surface area (Å²) in [6.45, 7) is -0.674. The van der Waals surface area contributed by atoms with E-state index in [0.29, 0.717) is 4.57 Å². The van der Waals surface area contributed by atoms with Crippen molar-refractivity contribution in [3.63, 3.8) is 0 Å². The number of primary amides is 1. The molecular weight excluding hydrogens is 290 g/mol. The Hall–Kier alpha value is -2.33. The van der Waals surface area contributed by atoms with Gasteiger partial charge in [-0.2, -0.15) is 4.98 Å². The number of carbonyl (C=O) groups is 1. The summed E-state index contributed by atoms with van der Waals surface area (Å²) in [5.74, 6) is -1.38. The van der Waals surface area contributed by atoms with Gasteiger partial charge in [0, 0.05) is 11.8 Å². The van der Waals surface area contributed by atoms with E-state index in [0.717, 1.165) is 6.20 Å². The standard InChI is InChI=1S/C11H12F2N4O4/c12-1-4-6(3-18)21-10(7(4)13)17-2-5(9(15)19)8(14)16-11(17)20/h1-2,6-7,10,18H,3H2,(H2,15,19)(H2,14,16,20)/b4-1-. The predicted octanol–water partition coefficient (Wildman–Crippen LogP) is -0.994. The molecule has 3 unspecified atom stereocenters. The van der Waals surface area contributed by atoms with Crippen LogP contribution in [0.2, 0.25) is 0 Å². The number of hydrogen-bond acceptors (Lipinski definition) is 6. The van der Waals surface area contributed by atoms with Crippen LogP contribution < -0.4 is 17.2 Å². The second kappa shape index (κ2) is 5.58. The number of hydrogen-bond donors (Lipinski definition) is 3. The van der Waals surface area contributed by atoms with Crippen LogP contribution in [-0.4, -0.2) is 39.4 Å². The molecule has 0 spiro atoms. The first-order valence-corrected chi connectivity index (χ1v) is 5.79. The van der Waals surface area contributed by atoms with E-state index in [1.54, 1.807) is 0 Å². The molecule has 1 saturated heterocycles. The minimum atomic E-state index is -2.03. The molecule has 10 heteroatoms. The molecular formula is C11H12F2N4O4. The summed E-state index contributed by atoms with van der Waals surface area (Å²) in [5.41, 5.74) is 8.66. The number of carbonyl (C=O) groups excluding carboxylic acids is 1. The summed E-state index contributed by atoms with van der Waals surface area (Å²) in [6, 6.07) is 0. The number of halogens is 2. The molecule has 1 aliphatic rings. The zero-order valence-corrected chi connectivity index (χ0v) is 10.6. The van der Waals surface area contributed by atoms with E-state index in [4.69, 9.17) is 21.3 Å². The fourth-order valence-corrected chi connectivity index (χ4v) is 2.00. The highest BCUT2D eigenvalue weighted by atomic mass is 19.1. The van der Waals surface area contributed by atoms with Crippen LogP contribution in [0.4, 0.5) is 14.6 Å². The van der Waals surface area contributed by atoms with Crippen molar-refractivity contribution in [3.8, 4) is 0 Å². The average molecular weight is 302 g/mol. The number of aliphatic hydroxyl groups excluding tert-OH is 1. The first-order valence-electron chi connectivity index (χ1n) is 5.79. The SMILES string of the molecule is NC(=O)c1cn(C2OC(CO)/C(=C/F)C2F)c(=O)nc1N. The number of anilines is 1. The lowest BCUT2D eigenvalue weighted by molar-refractivity contribution is -0.0375. The molecule has 0 aliphatic carbocycles. The average Bonchev–Trinajstić information content (AvgIpc) is 2.74. The normalized spacial score (nSPS) is 27.2. The van der Waals surface area contributed by atoms with Crippen LogP contribution in [0.3, 0.4) is 0 Å². The number of nitrogens with two attached hydrogens (primary N) is 2. The van der Waals surface area contributed by atoms with Gasteiger partial charge in [0.25, 0.3) is 5.91 Å². The van der Waals surface area contributed by atoms with Gasteiger partial charge in [-0.3, -0.25) is 9.36 Å². The molecule has 114 valence electrons. The van der Waals surface area contributed by atoms with Gasteiger partial charge in [0.1, 0.15) is 11.9 Å². The minimum Gasteiger partial charge on any atom is -0.393 e. The second-order valence-electron chi connectivity index (χ2n) is 4.30. The minimum absolute atomic E-state index is 0.0314.